The average molecular weight is 299 g/mol. The molecule has 1 fully saturated rings. The Bertz CT molecular complexity index is 689. The Kier molecular flexibility index (Phi) is 2.79. The molecule has 0 aromatic carbocycles. The molecule has 0 unspecified atom stereocenters. The minimum Gasteiger partial charge on any atom is -0.350 e. The highest BCUT2D eigenvalue weighted by atomic mass is 32.1. The number of anilines is 1. The summed E-state index contributed by atoms with van der Waals surface area (Å²) in [6.07, 6.45) is 8.01. The molecule has 0 radical (unpaired) electrons. The average Bonchev–Trinajstić information content (AvgIpc) is 3.14. The minimum absolute atomic E-state index is 0.0790. The van der Waals surface area contributed by atoms with Crippen LogP contribution in [0.5, 0.6) is 0 Å². The SMILES string of the molecule is CN1c2cc(-c3ccncc3)sc2C(=O)NC12CCCC2. The van der Waals surface area contributed by atoms with Crippen LogP contribution in [0.15, 0.2) is 30.6 Å². The second-order valence-corrected chi connectivity index (χ2v) is 6.86. The molecule has 0 atom stereocenters. The third kappa shape index (κ3) is 1.87. The van der Waals surface area contributed by atoms with Crippen LogP contribution in [0.2, 0.25) is 0 Å². The quantitative estimate of drug-likeness (QED) is 0.879. The van der Waals surface area contributed by atoms with Gasteiger partial charge in [-0.15, -0.1) is 11.3 Å². The molecule has 4 nitrogen and oxygen atoms in total. The summed E-state index contributed by atoms with van der Waals surface area (Å²) < 4.78 is 0. The van der Waals surface area contributed by atoms with Crippen molar-refractivity contribution in [2.24, 2.45) is 0 Å². The molecule has 0 bridgehead atoms. The number of rotatable bonds is 1. The van der Waals surface area contributed by atoms with Crippen LogP contribution in [-0.2, 0) is 0 Å². The number of hydrogen-bond donors (Lipinski definition) is 1. The van der Waals surface area contributed by atoms with E-state index >= 15 is 0 Å². The lowest BCUT2D eigenvalue weighted by atomic mass is 10.0. The maximum atomic E-state index is 12.5. The van der Waals surface area contributed by atoms with Crippen molar-refractivity contribution in [2.75, 3.05) is 11.9 Å². The van der Waals surface area contributed by atoms with Gasteiger partial charge < -0.3 is 10.2 Å². The summed E-state index contributed by atoms with van der Waals surface area (Å²) in [6.45, 7) is 0. The van der Waals surface area contributed by atoms with Gasteiger partial charge in [-0.3, -0.25) is 9.78 Å². The molecule has 108 valence electrons. The zero-order valence-electron chi connectivity index (χ0n) is 11.9. The van der Waals surface area contributed by atoms with Gasteiger partial charge in [-0.2, -0.15) is 0 Å². The van der Waals surface area contributed by atoms with Gasteiger partial charge in [-0.05, 0) is 49.4 Å². The van der Waals surface area contributed by atoms with E-state index in [0.29, 0.717) is 0 Å². The molecule has 0 saturated heterocycles. The van der Waals surface area contributed by atoms with Gasteiger partial charge in [0, 0.05) is 24.3 Å². The molecule has 2 aromatic heterocycles. The van der Waals surface area contributed by atoms with Crippen molar-refractivity contribution in [3.05, 3.63) is 35.5 Å². The monoisotopic (exact) mass is 299 g/mol. The molecule has 1 aliphatic heterocycles. The molecule has 2 aliphatic rings. The number of pyridine rings is 1. The number of nitrogens with one attached hydrogen (secondary N) is 1. The van der Waals surface area contributed by atoms with Gasteiger partial charge in [0.05, 0.1) is 5.69 Å². The summed E-state index contributed by atoms with van der Waals surface area (Å²) >= 11 is 1.56. The fraction of sp³-hybridized carbons (Fsp3) is 0.375. The third-order valence-corrected chi connectivity index (χ3v) is 5.84. The van der Waals surface area contributed by atoms with Crippen LogP contribution in [0.4, 0.5) is 5.69 Å². The smallest absolute Gasteiger partial charge is 0.265 e. The molecule has 5 heteroatoms. The van der Waals surface area contributed by atoms with Crippen LogP contribution in [0.3, 0.4) is 0 Å². The first-order chi connectivity index (χ1) is 10.2. The molecular weight excluding hydrogens is 282 g/mol. The van der Waals surface area contributed by atoms with Gasteiger partial charge in [-0.1, -0.05) is 0 Å². The fourth-order valence-electron chi connectivity index (χ4n) is 3.45. The Morgan fingerprint density at radius 3 is 2.71 bits per heavy atom. The second kappa shape index (κ2) is 4.56. The first-order valence-corrected chi connectivity index (χ1v) is 8.12. The van der Waals surface area contributed by atoms with E-state index in [1.807, 2.05) is 12.1 Å². The lowest BCUT2D eigenvalue weighted by Crippen LogP contribution is -2.60. The number of thiophene rings is 1. The lowest BCUT2D eigenvalue weighted by Gasteiger charge is -2.44. The molecule has 1 amide bonds. The first kappa shape index (κ1) is 12.8. The Morgan fingerprint density at radius 2 is 2.00 bits per heavy atom. The van der Waals surface area contributed by atoms with Crippen molar-refractivity contribution in [1.82, 2.24) is 10.3 Å². The number of carbonyl (C=O) groups excluding carboxylic acids is 1. The maximum absolute atomic E-state index is 12.5. The highest BCUT2D eigenvalue weighted by molar-refractivity contribution is 7.18. The zero-order valence-corrected chi connectivity index (χ0v) is 12.7. The van der Waals surface area contributed by atoms with Gasteiger partial charge >= 0.3 is 0 Å². The van der Waals surface area contributed by atoms with Gasteiger partial charge in [0.15, 0.2) is 0 Å². The van der Waals surface area contributed by atoms with Gasteiger partial charge in [0.25, 0.3) is 5.91 Å². The van der Waals surface area contributed by atoms with Crippen molar-refractivity contribution in [3.63, 3.8) is 0 Å². The number of fused-ring (bicyclic) bond motifs is 1. The van der Waals surface area contributed by atoms with Crippen molar-refractivity contribution in [3.8, 4) is 10.4 Å². The Hall–Kier alpha value is -1.88. The number of aromatic nitrogens is 1. The topological polar surface area (TPSA) is 45.2 Å². The molecule has 1 spiro atoms. The predicted octanol–water partition coefficient (Wildman–Crippen LogP) is 3.26. The van der Waals surface area contributed by atoms with Gasteiger partial charge in [-0.25, -0.2) is 0 Å². The van der Waals surface area contributed by atoms with E-state index in [1.165, 1.54) is 12.8 Å². The van der Waals surface area contributed by atoms with Crippen LogP contribution in [0.25, 0.3) is 10.4 Å². The molecule has 1 aliphatic carbocycles. The maximum Gasteiger partial charge on any atom is 0.265 e. The second-order valence-electron chi connectivity index (χ2n) is 5.81. The van der Waals surface area contributed by atoms with Crippen molar-refractivity contribution in [1.29, 1.82) is 0 Å². The van der Waals surface area contributed by atoms with Crippen molar-refractivity contribution >= 4 is 22.9 Å². The predicted molar refractivity (Wildman–Crippen MR) is 84.6 cm³/mol. The van der Waals surface area contributed by atoms with Crippen LogP contribution < -0.4 is 10.2 Å². The molecule has 1 saturated carbocycles. The van der Waals surface area contributed by atoms with Gasteiger partial charge in [0.2, 0.25) is 0 Å². The van der Waals surface area contributed by atoms with E-state index in [2.05, 4.69) is 28.3 Å². The van der Waals surface area contributed by atoms with E-state index in [4.69, 9.17) is 0 Å². The molecule has 4 rings (SSSR count). The van der Waals surface area contributed by atoms with E-state index in [-0.39, 0.29) is 11.6 Å². The molecule has 2 aromatic rings. The van der Waals surface area contributed by atoms with E-state index in [9.17, 15) is 4.79 Å². The number of carbonyl (C=O) groups is 1. The summed E-state index contributed by atoms with van der Waals surface area (Å²) in [4.78, 5) is 20.8. The van der Waals surface area contributed by atoms with Crippen molar-refractivity contribution in [2.45, 2.75) is 31.3 Å². The summed E-state index contributed by atoms with van der Waals surface area (Å²) in [7, 11) is 2.10. The van der Waals surface area contributed by atoms with E-state index in [0.717, 1.165) is 33.8 Å². The molecular formula is C16H17N3OS. The third-order valence-electron chi connectivity index (χ3n) is 4.66. The van der Waals surface area contributed by atoms with Crippen LogP contribution in [-0.4, -0.2) is 23.6 Å². The first-order valence-electron chi connectivity index (χ1n) is 7.30. The van der Waals surface area contributed by atoms with Gasteiger partial charge in [0.1, 0.15) is 10.5 Å². The molecule has 3 heterocycles. The Balaban J connectivity index is 1.80. The Labute approximate surface area is 127 Å². The largest absolute Gasteiger partial charge is 0.350 e. The standard InChI is InChI=1S/C16H17N3OS/c1-19-12-10-13(11-4-8-17-9-5-11)21-14(12)15(20)18-16(19)6-2-3-7-16/h4-5,8-10H,2-3,6-7H2,1H3,(H,18,20). The molecule has 1 N–H and O–H groups in total. The normalized spacial score (nSPS) is 19.7. The van der Waals surface area contributed by atoms with Crippen molar-refractivity contribution < 1.29 is 4.79 Å². The number of amides is 1. The molecule has 21 heavy (non-hydrogen) atoms. The highest BCUT2D eigenvalue weighted by Gasteiger charge is 2.44. The number of hydrogen-bond acceptors (Lipinski definition) is 4. The fourth-order valence-corrected chi connectivity index (χ4v) is 4.54. The Morgan fingerprint density at radius 1 is 1.29 bits per heavy atom. The summed E-state index contributed by atoms with van der Waals surface area (Å²) in [5.74, 6) is 0.0790. The van der Waals surface area contributed by atoms with E-state index < -0.39 is 0 Å². The summed E-state index contributed by atoms with van der Waals surface area (Å²) in [5, 5.41) is 3.25. The van der Waals surface area contributed by atoms with Crippen LogP contribution in [0.1, 0.15) is 35.4 Å². The highest BCUT2D eigenvalue weighted by Crippen LogP contribution is 2.45. The number of nitrogens with zero attached hydrogens (tertiary/aromatic N) is 2. The van der Waals surface area contributed by atoms with E-state index in [1.54, 1.807) is 23.7 Å². The van der Waals surface area contributed by atoms with Crippen LogP contribution >= 0.6 is 11.3 Å². The lowest BCUT2D eigenvalue weighted by molar-refractivity contribution is 0.0890. The van der Waals surface area contributed by atoms with Crippen LogP contribution in [0, 0.1) is 0 Å². The summed E-state index contributed by atoms with van der Waals surface area (Å²) in [5.41, 5.74) is 2.02. The summed E-state index contributed by atoms with van der Waals surface area (Å²) in [6, 6.07) is 6.12. The zero-order chi connectivity index (χ0) is 14.4. The minimum atomic E-state index is -0.166.